The van der Waals surface area contributed by atoms with Crippen LogP contribution in [0.3, 0.4) is 0 Å². The Balaban J connectivity index is 3.02. The average Bonchev–Trinajstić information content (AvgIpc) is 2.27. The molecule has 0 N–H and O–H groups in total. The van der Waals surface area contributed by atoms with Crippen LogP contribution >= 0.6 is 0 Å². The molecule has 16 heavy (non-hydrogen) atoms. The van der Waals surface area contributed by atoms with E-state index in [1.54, 1.807) is 0 Å². The van der Waals surface area contributed by atoms with Gasteiger partial charge >= 0.3 is 5.97 Å². The van der Waals surface area contributed by atoms with Gasteiger partial charge in [-0.05, 0) is 18.4 Å². The monoisotopic (exact) mass is 218 g/mol. The molecule has 0 aliphatic heterocycles. The molecule has 2 heteroatoms. The quantitative estimate of drug-likeness (QED) is 0.572. The lowest BCUT2D eigenvalue weighted by Gasteiger charge is -2.08. The molecule has 2 nitrogen and oxygen atoms in total. The summed E-state index contributed by atoms with van der Waals surface area (Å²) < 4.78 is 5.05. The number of carbonyl (C=O) groups is 1. The summed E-state index contributed by atoms with van der Waals surface area (Å²) in [6, 6.07) is 9.61. The molecule has 0 heterocycles. The van der Waals surface area contributed by atoms with Crippen molar-refractivity contribution >= 4 is 11.5 Å². The van der Waals surface area contributed by atoms with Gasteiger partial charge in [-0.2, -0.15) is 0 Å². The molecule has 0 amide bonds. The van der Waals surface area contributed by atoms with E-state index in [-0.39, 0.29) is 5.97 Å². The van der Waals surface area contributed by atoms with Crippen LogP contribution in [0.15, 0.2) is 36.4 Å². The van der Waals surface area contributed by atoms with Crippen molar-refractivity contribution in [2.75, 3.05) is 6.61 Å². The SMILES string of the molecule is CCOC(=O)/C(=C\C(C)C)c1ccccc1. The Morgan fingerprint density at radius 1 is 1.31 bits per heavy atom. The molecule has 1 aromatic rings. The fraction of sp³-hybridized carbons (Fsp3) is 0.357. The molecule has 0 spiro atoms. The van der Waals surface area contributed by atoms with Crippen LogP contribution < -0.4 is 0 Å². The molecule has 0 fully saturated rings. The first-order valence-electron chi connectivity index (χ1n) is 5.59. The Labute approximate surface area is 96.9 Å². The first-order valence-corrected chi connectivity index (χ1v) is 5.59. The summed E-state index contributed by atoms with van der Waals surface area (Å²) in [5.41, 5.74) is 1.56. The molecule has 0 aromatic heterocycles. The summed E-state index contributed by atoms with van der Waals surface area (Å²) in [6.07, 6.45) is 1.94. The Kier molecular flexibility index (Phi) is 4.77. The van der Waals surface area contributed by atoms with Gasteiger partial charge in [-0.1, -0.05) is 50.3 Å². The minimum atomic E-state index is -0.248. The Morgan fingerprint density at radius 2 is 1.94 bits per heavy atom. The zero-order chi connectivity index (χ0) is 12.0. The van der Waals surface area contributed by atoms with Crippen LogP contribution in [-0.4, -0.2) is 12.6 Å². The standard InChI is InChI=1S/C14H18O2/c1-4-16-14(15)13(10-11(2)3)12-8-6-5-7-9-12/h5-11H,4H2,1-3H3/b13-10-. The van der Waals surface area contributed by atoms with E-state index in [2.05, 4.69) is 0 Å². The fourth-order valence-electron chi connectivity index (χ4n) is 1.44. The third-order valence-electron chi connectivity index (χ3n) is 2.08. The molecule has 0 saturated carbocycles. The lowest BCUT2D eigenvalue weighted by Crippen LogP contribution is -2.07. The summed E-state index contributed by atoms with van der Waals surface area (Å²) in [7, 11) is 0. The number of hydrogen-bond acceptors (Lipinski definition) is 2. The smallest absolute Gasteiger partial charge is 0.338 e. The van der Waals surface area contributed by atoms with Crippen LogP contribution in [-0.2, 0) is 9.53 Å². The highest BCUT2D eigenvalue weighted by atomic mass is 16.5. The lowest BCUT2D eigenvalue weighted by atomic mass is 10.0. The van der Waals surface area contributed by atoms with Gasteiger partial charge in [-0.15, -0.1) is 0 Å². The van der Waals surface area contributed by atoms with Gasteiger partial charge in [0.1, 0.15) is 0 Å². The van der Waals surface area contributed by atoms with Gasteiger partial charge in [0.25, 0.3) is 0 Å². The van der Waals surface area contributed by atoms with Gasteiger partial charge in [0.15, 0.2) is 0 Å². The molecule has 0 aliphatic carbocycles. The van der Waals surface area contributed by atoms with Gasteiger partial charge in [0, 0.05) is 0 Å². The summed E-state index contributed by atoms with van der Waals surface area (Å²) >= 11 is 0. The van der Waals surface area contributed by atoms with Crippen LogP contribution in [0, 0.1) is 5.92 Å². The third kappa shape index (κ3) is 3.54. The van der Waals surface area contributed by atoms with E-state index in [0.29, 0.717) is 18.1 Å². The molecule has 1 rings (SSSR count). The van der Waals surface area contributed by atoms with E-state index in [1.807, 2.05) is 57.2 Å². The molecule has 0 saturated heterocycles. The Morgan fingerprint density at radius 3 is 2.44 bits per heavy atom. The van der Waals surface area contributed by atoms with Crippen LogP contribution in [0.25, 0.3) is 5.57 Å². The maximum Gasteiger partial charge on any atom is 0.338 e. The van der Waals surface area contributed by atoms with Crippen molar-refractivity contribution in [2.24, 2.45) is 5.92 Å². The number of carbonyl (C=O) groups excluding carboxylic acids is 1. The molecular formula is C14H18O2. The molecule has 0 unspecified atom stereocenters. The second-order valence-electron chi connectivity index (χ2n) is 3.91. The minimum absolute atomic E-state index is 0.248. The molecule has 0 aliphatic rings. The van der Waals surface area contributed by atoms with Crippen LogP contribution in [0.5, 0.6) is 0 Å². The van der Waals surface area contributed by atoms with Crippen LogP contribution in [0.1, 0.15) is 26.3 Å². The first-order chi connectivity index (χ1) is 7.65. The Bertz CT molecular complexity index is 364. The molecule has 0 atom stereocenters. The van der Waals surface area contributed by atoms with Crippen molar-refractivity contribution in [2.45, 2.75) is 20.8 Å². The third-order valence-corrected chi connectivity index (χ3v) is 2.08. The summed E-state index contributed by atoms with van der Waals surface area (Å²) in [5, 5.41) is 0. The van der Waals surface area contributed by atoms with Crippen molar-refractivity contribution in [3.05, 3.63) is 42.0 Å². The zero-order valence-corrected chi connectivity index (χ0v) is 10.1. The van der Waals surface area contributed by atoms with E-state index in [1.165, 1.54) is 0 Å². The van der Waals surface area contributed by atoms with E-state index < -0.39 is 0 Å². The average molecular weight is 218 g/mol. The summed E-state index contributed by atoms with van der Waals surface area (Å²) in [6.45, 7) is 6.31. The molecular weight excluding hydrogens is 200 g/mol. The lowest BCUT2D eigenvalue weighted by molar-refractivity contribution is -0.136. The van der Waals surface area contributed by atoms with Crippen molar-refractivity contribution in [1.82, 2.24) is 0 Å². The predicted molar refractivity (Wildman–Crippen MR) is 65.9 cm³/mol. The van der Waals surface area contributed by atoms with Gasteiger partial charge in [-0.3, -0.25) is 0 Å². The first kappa shape index (κ1) is 12.5. The van der Waals surface area contributed by atoms with Gasteiger partial charge < -0.3 is 4.74 Å². The van der Waals surface area contributed by atoms with E-state index in [0.717, 1.165) is 5.56 Å². The second kappa shape index (κ2) is 6.11. The van der Waals surface area contributed by atoms with Crippen molar-refractivity contribution in [1.29, 1.82) is 0 Å². The summed E-state index contributed by atoms with van der Waals surface area (Å²) in [5.74, 6) is 0.0713. The number of benzene rings is 1. The highest BCUT2D eigenvalue weighted by Crippen LogP contribution is 2.18. The fourth-order valence-corrected chi connectivity index (χ4v) is 1.44. The van der Waals surface area contributed by atoms with E-state index in [9.17, 15) is 4.79 Å². The number of esters is 1. The minimum Gasteiger partial charge on any atom is -0.462 e. The topological polar surface area (TPSA) is 26.3 Å². The zero-order valence-electron chi connectivity index (χ0n) is 10.1. The maximum absolute atomic E-state index is 11.8. The van der Waals surface area contributed by atoms with Crippen LogP contribution in [0.4, 0.5) is 0 Å². The number of ether oxygens (including phenoxy) is 1. The maximum atomic E-state index is 11.8. The van der Waals surface area contributed by atoms with Crippen LogP contribution in [0.2, 0.25) is 0 Å². The number of allylic oxidation sites excluding steroid dienone is 1. The van der Waals surface area contributed by atoms with Gasteiger partial charge in [-0.25, -0.2) is 4.79 Å². The number of hydrogen-bond donors (Lipinski definition) is 0. The Hall–Kier alpha value is -1.57. The summed E-state index contributed by atoms with van der Waals surface area (Å²) in [4.78, 5) is 11.8. The second-order valence-corrected chi connectivity index (χ2v) is 3.91. The van der Waals surface area contributed by atoms with Crippen molar-refractivity contribution < 1.29 is 9.53 Å². The highest BCUT2D eigenvalue weighted by Gasteiger charge is 2.12. The van der Waals surface area contributed by atoms with Crippen molar-refractivity contribution in [3.8, 4) is 0 Å². The molecule has 0 radical (unpaired) electrons. The molecule has 86 valence electrons. The van der Waals surface area contributed by atoms with E-state index >= 15 is 0 Å². The van der Waals surface area contributed by atoms with Crippen molar-refractivity contribution in [3.63, 3.8) is 0 Å². The van der Waals surface area contributed by atoms with Gasteiger partial charge in [0.2, 0.25) is 0 Å². The highest BCUT2D eigenvalue weighted by molar-refractivity contribution is 6.16. The molecule has 1 aromatic carbocycles. The largest absolute Gasteiger partial charge is 0.462 e. The van der Waals surface area contributed by atoms with E-state index in [4.69, 9.17) is 4.74 Å². The normalized spacial score (nSPS) is 11.6. The van der Waals surface area contributed by atoms with Gasteiger partial charge in [0.05, 0.1) is 12.2 Å². The predicted octanol–water partition coefficient (Wildman–Crippen LogP) is 3.29. The number of rotatable bonds is 4. The molecule has 0 bridgehead atoms.